The van der Waals surface area contributed by atoms with Gasteiger partial charge in [0, 0.05) is 5.02 Å². The lowest BCUT2D eigenvalue weighted by atomic mass is 10.2. The van der Waals surface area contributed by atoms with Gasteiger partial charge in [-0.15, -0.1) is 0 Å². The van der Waals surface area contributed by atoms with E-state index in [0.717, 1.165) is 12.0 Å². The lowest BCUT2D eigenvalue weighted by molar-refractivity contribution is -0.148. The Morgan fingerprint density at radius 2 is 2.25 bits per heavy atom. The molecule has 0 heterocycles. The van der Waals surface area contributed by atoms with Gasteiger partial charge < -0.3 is 9.47 Å². The molecule has 4 heteroatoms. The summed E-state index contributed by atoms with van der Waals surface area (Å²) in [7, 11) is 0. The fourth-order valence-electron chi connectivity index (χ4n) is 1.24. The summed E-state index contributed by atoms with van der Waals surface area (Å²) < 4.78 is 9.90. The molecular formula is C12H15ClO3. The van der Waals surface area contributed by atoms with Gasteiger partial charge in [0.05, 0.1) is 13.2 Å². The number of hydrogen-bond donors (Lipinski definition) is 0. The SMILES string of the molecule is CCOC(=O)COCCc1cccc(Cl)c1. The highest BCUT2D eigenvalue weighted by Gasteiger charge is 2.01. The minimum Gasteiger partial charge on any atom is -0.464 e. The van der Waals surface area contributed by atoms with E-state index in [9.17, 15) is 4.79 Å². The first-order chi connectivity index (χ1) is 7.72. The zero-order valence-corrected chi connectivity index (χ0v) is 10.00. The smallest absolute Gasteiger partial charge is 0.332 e. The first kappa shape index (κ1) is 13.0. The van der Waals surface area contributed by atoms with Crippen molar-refractivity contribution in [2.75, 3.05) is 19.8 Å². The van der Waals surface area contributed by atoms with Crippen LogP contribution in [0.1, 0.15) is 12.5 Å². The normalized spacial score (nSPS) is 10.1. The predicted molar refractivity (Wildman–Crippen MR) is 62.6 cm³/mol. The van der Waals surface area contributed by atoms with Crippen LogP contribution in [0.25, 0.3) is 0 Å². The largest absolute Gasteiger partial charge is 0.464 e. The molecule has 88 valence electrons. The van der Waals surface area contributed by atoms with Gasteiger partial charge in [-0.3, -0.25) is 0 Å². The molecule has 16 heavy (non-hydrogen) atoms. The van der Waals surface area contributed by atoms with Crippen molar-refractivity contribution in [3.05, 3.63) is 34.9 Å². The van der Waals surface area contributed by atoms with Crippen LogP contribution in [0, 0.1) is 0 Å². The molecule has 0 bridgehead atoms. The zero-order chi connectivity index (χ0) is 11.8. The van der Waals surface area contributed by atoms with E-state index in [4.69, 9.17) is 21.1 Å². The van der Waals surface area contributed by atoms with Gasteiger partial charge in [0.2, 0.25) is 0 Å². The van der Waals surface area contributed by atoms with Crippen molar-refractivity contribution in [1.82, 2.24) is 0 Å². The monoisotopic (exact) mass is 242 g/mol. The van der Waals surface area contributed by atoms with Crippen molar-refractivity contribution in [3.63, 3.8) is 0 Å². The van der Waals surface area contributed by atoms with Crippen molar-refractivity contribution in [2.45, 2.75) is 13.3 Å². The van der Waals surface area contributed by atoms with Gasteiger partial charge in [0.25, 0.3) is 0 Å². The number of halogens is 1. The summed E-state index contributed by atoms with van der Waals surface area (Å²) in [5, 5.41) is 0.711. The van der Waals surface area contributed by atoms with E-state index in [2.05, 4.69) is 0 Å². The molecule has 3 nitrogen and oxygen atoms in total. The molecule has 0 unspecified atom stereocenters. The second-order valence-electron chi connectivity index (χ2n) is 3.24. The number of esters is 1. The summed E-state index contributed by atoms with van der Waals surface area (Å²) >= 11 is 5.83. The first-order valence-corrected chi connectivity index (χ1v) is 5.58. The average molecular weight is 243 g/mol. The van der Waals surface area contributed by atoms with E-state index < -0.39 is 0 Å². The molecule has 0 radical (unpaired) electrons. The molecule has 0 spiro atoms. The van der Waals surface area contributed by atoms with Gasteiger partial charge in [-0.2, -0.15) is 0 Å². The average Bonchev–Trinajstić information content (AvgIpc) is 2.25. The van der Waals surface area contributed by atoms with Crippen molar-refractivity contribution in [3.8, 4) is 0 Å². The Hall–Kier alpha value is -1.06. The van der Waals surface area contributed by atoms with Crippen molar-refractivity contribution >= 4 is 17.6 Å². The quantitative estimate of drug-likeness (QED) is 0.568. The van der Waals surface area contributed by atoms with E-state index in [1.54, 1.807) is 6.92 Å². The molecule has 0 fully saturated rings. The van der Waals surface area contributed by atoms with Crippen LogP contribution >= 0.6 is 11.6 Å². The molecule has 0 aliphatic rings. The van der Waals surface area contributed by atoms with Crippen molar-refractivity contribution in [2.24, 2.45) is 0 Å². The second kappa shape index (κ2) is 7.25. The molecule has 1 aromatic carbocycles. The third kappa shape index (κ3) is 5.14. The van der Waals surface area contributed by atoms with Crippen LogP contribution in [-0.4, -0.2) is 25.8 Å². The van der Waals surface area contributed by atoms with Crippen molar-refractivity contribution in [1.29, 1.82) is 0 Å². The lowest BCUT2D eigenvalue weighted by Gasteiger charge is -2.04. The fourth-order valence-corrected chi connectivity index (χ4v) is 1.45. The molecule has 0 N–H and O–H groups in total. The number of ether oxygens (including phenoxy) is 2. The van der Waals surface area contributed by atoms with Crippen LogP contribution in [0.5, 0.6) is 0 Å². The van der Waals surface area contributed by atoms with E-state index in [1.165, 1.54) is 0 Å². The maximum Gasteiger partial charge on any atom is 0.332 e. The third-order valence-electron chi connectivity index (χ3n) is 1.95. The van der Waals surface area contributed by atoms with Crippen LogP contribution < -0.4 is 0 Å². The highest BCUT2D eigenvalue weighted by Crippen LogP contribution is 2.10. The Kier molecular flexibility index (Phi) is 5.90. The van der Waals surface area contributed by atoms with E-state index >= 15 is 0 Å². The van der Waals surface area contributed by atoms with Crippen LogP contribution in [0.15, 0.2) is 24.3 Å². The van der Waals surface area contributed by atoms with Gasteiger partial charge in [0.1, 0.15) is 6.61 Å². The van der Waals surface area contributed by atoms with Crippen LogP contribution in [0.2, 0.25) is 5.02 Å². The summed E-state index contributed by atoms with van der Waals surface area (Å²) in [6, 6.07) is 7.57. The Bertz CT molecular complexity index is 339. The summed E-state index contributed by atoms with van der Waals surface area (Å²) in [6.45, 7) is 2.65. The highest BCUT2D eigenvalue weighted by atomic mass is 35.5. The molecule has 0 amide bonds. The molecule has 0 atom stereocenters. The minimum absolute atomic E-state index is 0.00834. The molecule has 0 aliphatic heterocycles. The van der Waals surface area contributed by atoms with E-state index in [-0.39, 0.29) is 12.6 Å². The Morgan fingerprint density at radius 3 is 2.94 bits per heavy atom. The minimum atomic E-state index is -0.325. The second-order valence-corrected chi connectivity index (χ2v) is 3.67. The number of benzene rings is 1. The maximum atomic E-state index is 10.9. The topological polar surface area (TPSA) is 35.5 Å². The van der Waals surface area contributed by atoms with E-state index in [0.29, 0.717) is 18.2 Å². The van der Waals surface area contributed by atoms with Gasteiger partial charge >= 0.3 is 5.97 Å². The fraction of sp³-hybridized carbons (Fsp3) is 0.417. The number of carbonyl (C=O) groups excluding carboxylic acids is 1. The molecule has 0 saturated heterocycles. The molecule has 0 aromatic heterocycles. The van der Waals surface area contributed by atoms with Gasteiger partial charge in [-0.05, 0) is 31.0 Å². The van der Waals surface area contributed by atoms with Crippen LogP contribution in [0.3, 0.4) is 0 Å². The summed E-state index contributed by atoms with van der Waals surface area (Å²) in [5.41, 5.74) is 1.09. The molecule has 0 aliphatic carbocycles. The molecule has 1 rings (SSSR count). The van der Waals surface area contributed by atoms with Gasteiger partial charge in [-0.25, -0.2) is 4.79 Å². The predicted octanol–water partition coefficient (Wildman–Crippen LogP) is 2.46. The number of carbonyl (C=O) groups is 1. The Morgan fingerprint density at radius 1 is 1.44 bits per heavy atom. The maximum absolute atomic E-state index is 10.9. The van der Waals surface area contributed by atoms with Crippen LogP contribution in [0.4, 0.5) is 0 Å². The Labute approximate surface area is 100 Å². The number of rotatable bonds is 6. The van der Waals surface area contributed by atoms with Crippen LogP contribution in [-0.2, 0) is 20.7 Å². The summed E-state index contributed by atoms with van der Waals surface area (Å²) in [5.74, 6) is -0.325. The van der Waals surface area contributed by atoms with Gasteiger partial charge in [0.15, 0.2) is 0 Å². The summed E-state index contributed by atoms with van der Waals surface area (Å²) in [6.07, 6.45) is 0.736. The first-order valence-electron chi connectivity index (χ1n) is 5.20. The number of hydrogen-bond acceptors (Lipinski definition) is 3. The standard InChI is InChI=1S/C12H15ClO3/c1-2-16-12(14)9-15-7-6-10-4-3-5-11(13)8-10/h3-5,8H,2,6-7,9H2,1H3. The van der Waals surface area contributed by atoms with Gasteiger partial charge in [-0.1, -0.05) is 23.7 Å². The molecule has 0 saturated carbocycles. The van der Waals surface area contributed by atoms with E-state index in [1.807, 2.05) is 24.3 Å². The van der Waals surface area contributed by atoms with Crippen molar-refractivity contribution < 1.29 is 14.3 Å². The highest BCUT2D eigenvalue weighted by molar-refractivity contribution is 6.30. The third-order valence-corrected chi connectivity index (χ3v) is 2.18. The zero-order valence-electron chi connectivity index (χ0n) is 9.24. The Balaban J connectivity index is 2.18. The molecular weight excluding hydrogens is 228 g/mol. The lowest BCUT2D eigenvalue weighted by Crippen LogP contribution is -2.13. The molecule has 1 aromatic rings. The summed E-state index contributed by atoms with van der Waals surface area (Å²) in [4.78, 5) is 10.9.